The first kappa shape index (κ1) is 14.6. The predicted octanol–water partition coefficient (Wildman–Crippen LogP) is -2.29. The fraction of sp³-hybridized carbons (Fsp3) is 0.400. The monoisotopic (exact) mass is 262 g/mol. The largest absolute Gasteiger partial charge is 0.438 e. The van der Waals surface area contributed by atoms with Crippen molar-refractivity contribution in [1.82, 2.24) is 0 Å². The molecule has 18 heavy (non-hydrogen) atoms. The molecule has 0 amide bonds. The van der Waals surface area contributed by atoms with E-state index in [4.69, 9.17) is 30.6 Å². The second-order valence-electron chi connectivity index (χ2n) is 3.48. The van der Waals surface area contributed by atoms with E-state index in [1.807, 2.05) is 0 Å². The van der Waals surface area contributed by atoms with Crippen molar-refractivity contribution in [2.45, 2.75) is 11.9 Å². The first-order chi connectivity index (χ1) is 8.28. The fourth-order valence-electron chi connectivity index (χ4n) is 1.02. The molecule has 0 spiro atoms. The van der Waals surface area contributed by atoms with Crippen molar-refractivity contribution in [3.8, 4) is 11.5 Å². The third kappa shape index (κ3) is 4.45. The van der Waals surface area contributed by atoms with Crippen molar-refractivity contribution >= 4 is 0 Å². The lowest BCUT2D eigenvalue weighted by molar-refractivity contribution is -0.309. The summed E-state index contributed by atoms with van der Waals surface area (Å²) in [4.78, 5) is 0. The van der Waals surface area contributed by atoms with Crippen molar-refractivity contribution < 1.29 is 40.1 Å². The molecule has 8 nitrogen and oxygen atoms in total. The molecular weight excluding hydrogens is 248 g/mol. The van der Waals surface area contributed by atoms with E-state index in [9.17, 15) is 0 Å². The van der Waals surface area contributed by atoms with Gasteiger partial charge >= 0.3 is 11.9 Å². The van der Waals surface area contributed by atoms with Crippen LogP contribution in [0.2, 0.25) is 0 Å². The molecule has 1 rings (SSSR count). The Labute approximate surface area is 102 Å². The first-order valence-corrected chi connectivity index (χ1v) is 4.87. The Hall–Kier alpha value is -1.42. The predicted molar refractivity (Wildman–Crippen MR) is 56.2 cm³/mol. The summed E-state index contributed by atoms with van der Waals surface area (Å²) in [5, 5.41) is 53.1. The average molecular weight is 262 g/mol. The van der Waals surface area contributed by atoms with Crippen LogP contribution in [-0.2, 0) is 0 Å². The molecular formula is C10H14O8. The molecule has 0 saturated heterocycles. The summed E-state index contributed by atoms with van der Waals surface area (Å²) >= 11 is 0. The van der Waals surface area contributed by atoms with E-state index in [-0.39, 0.29) is 11.5 Å². The molecule has 102 valence electrons. The molecule has 6 N–H and O–H groups in total. The minimum Gasteiger partial charge on any atom is -0.438 e. The van der Waals surface area contributed by atoms with Crippen LogP contribution in [0.1, 0.15) is 0 Å². The Kier molecular flexibility index (Phi) is 4.46. The van der Waals surface area contributed by atoms with Crippen molar-refractivity contribution in [3.05, 3.63) is 24.3 Å². The maximum Gasteiger partial charge on any atom is 0.346 e. The Bertz CT molecular complexity index is 335. The average Bonchev–Trinajstić information content (AvgIpc) is 2.31. The third-order valence-corrected chi connectivity index (χ3v) is 1.80. The first-order valence-electron chi connectivity index (χ1n) is 4.87. The summed E-state index contributed by atoms with van der Waals surface area (Å²) in [6, 6.07) is 4.94. The molecule has 0 bridgehead atoms. The standard InChI is InChI=1S/C10H14O8/c11-5-9(13,14)17-7-1-2-8(4-3-7)18-10(15,16)6-12/h1-4,11-16H,5-6H2. The molecule has 0 atom stereocenters. The lowest BCUT2D eigenvalue weighted by Gasteiger charge is -2.22. The van der Waals surface area contributed by atoms with Crippen molar-refractivity contribution in [2.24, 2.45) is 0 Å². The van der Waals surface area contributed by atoms with E-state index >= 15 is 0 Å². The van der Waals surface area contributed by atoms with Gasteiger partial charge in [0.25, 0.3) is 0 Å². The van der Waals surface area contributed by atoms with Crippen LogP contribution in [-0.4, -0.2) is 55.8 Å². The number of aliphatic hydroxyl groups is 6. The van der Waals surface area contributed by atoms with Gasteiger partial charge in [0, 0.05) is 0 Å². The Morgan fingerprint density at radius 2 is 1.00 bits per heavy atom. The van der Waals surface area contributed by atoms with Crippen molar-refractivity contribution in [3.63, 3.8) is 0 Å². The summed E-state index contributed by atoms with van der Waals surface area (Å²) in [7, 11) is 0. The summed E-state index contributed by atoms with van der Waals surface area (Å²) in [5.41, 5.74) is 0. The van der Waals surface area contributed by atoms with Crippen LogP contribution in [0.25, 0.3) is 0 Å². The van der Waals surface area contributed by atoms with E-state index < -0.39 is 25.2 Å². The van der Waals surface area contributed by atoms with E-state index in [0.29, 0.717) is 0 Å². The highest BCUT2D eigenvalue weighted by atomic mass is 16.8. The Balaban J connectivity index is 2.69. The van der Waals surface area contributed by atoms with Crippen LogP contribution in [0.4, 0.5) is 0 Å². The fourth-order valence-corrected chi connectivity index (χ4v) is 1.02. The zero-order valence-electron chi connectivity index (χ0n) is 9.22. The Morgan fingerprint density at radius 1 is 0.722 bits per heavy atom. The van der Waals surface area contributed by atoms with Gasteiger partial charge in [-0.1, -0.05) is 0 Å². The molecule has 1 aromatic carbocycles. The van der Waals surface area contributed by atoms with Crippen LogP contribution in [0.5, 0.6) is 11.5 Å². The smallest absolute Gasteiger partial charge is 0.346 e. The lowest BCUT2D eigenvalue weighted by atomic mass is 10.3. The van der Waals surface area contributed by atoms with Gasteiger partial charge in [0.2, 0.25) is 0 Å². The number of hydrogen-bond acceptors (Lipinski definition) is 8. The van der Waals surface area contributed by atoms with Gasteiger partial charge in [-0.3, -0.25) is 0 Å². The molecule has 0 aromatic heterocycles. The molecule has 8 heteroatoms. The minimum atomic E-state index is -2.70. The maximum absolute atomic E-state index is 9.01. The van der Waals surface area contributed by atoms with Crippen LogP contribution < -0.4 is 9.47 Å². The zero-order chi connectivity index (χ0) is 13.8. The van der Waals surface area contributed by atoms with Crippen molar-refractivity contribution in [1.29, 1.82) is 0 Å². The van der Waals surface area contributed by atoms with E-state index in [1.165, 1.54) is 24.3 Å². The SMILES string of the molecule is OCC(O)(O)Oc1ccc(OC(O)(O)CO)cc1. The van der Waals surface area contributed by atoms with Crippen molar-refractivity contribution in [2.75, 3.05) is 13.2 Å². The van der Waals surface area contributed by atoms with E-state index in [2.05, 4.69) is 9.47 Å². The van der Waals surface area contributed by atoms with Crippen LogP contribution in [0.15, 0.2) is 24.3 Å². The lowest BCUT2D eigenvalue weighted by Crippen LogP contribution is -2.39. The normalized spacial score (nSPS) is 12.3. The van der Waals surface area contributed by atoms with Crippen LogP contribution >= 0.6 is 0 Å². The maximum atomic E-state index is 9.01. The van der Waals surface area contributed by atoms with Gasteiger partial charge in [-0.05, 0) is 24.3 Å². The molecule has 0 heterocycles. The van der Waals surface area contributed by atoms with E-state index in [0.717, 1.165) is 0 Å². The number of aliphatic hydroxyl groups excluding tert-OH is 2. The van der Waals surface area contributed by atoms with E-state index in [1.54, 1.807) is 0 Å². The van der Waals surface area contributed by atoms with Gasteiger partial charge in [-0.25, -0.2) is 0 Å². The molecule has 0 fully saturated rings. The van der Waals surface area contributed by atoms with Gasteiger partial charge in [0.1, 0.15) is 24.7 Å². The van der Waals surface area contributed by atoms with Crippen LogP contribution in [0, 0.1) is 0 Å². The highest BCUT2D eigenvalue weighted by Gasteiger charge is 2.26. The highest BCUT2D eigenvalue weighted by molar-refractivity contribution is 5.31. The van der Waals surface area contributed by atoms with Crippen LogP contribution in [0.3, 0.4) is 0 Å². The topological polar surface area (TPSA) is 140 Å². The quantitative estimate of drug-likeness (QED) is 0.315. The molecule has 0 unspecified atom stereocenters. The molecule has 0 radical (unpaired) electrons. The third-order valence-electron chi connectivity index (χ3n) is 1.80. The summed E-state index contributed by atoms with van der Waals surface area (Å²) in [6.45, 7) is -2.04. The van der Waals surface area contributed by atoms with Gasteiger partial charge < -0.3 is 40.1 Å². The summed E-state index contributed by atoms with van der Waals surface area (Å²) < 4.78 is 9.19. The van der Waals surface area contributed by atoms with Gasteiger partial charge in [-0.2, -0.15) is 0 Å². The zero-order valence-corrected chi connectivity index (χ0v) is 9.22. The number of benzene rings is 1. The molecule has 0 aliphatic carbocycles. The van der Waals surface area contributed by atoms with Gasteiger partial charge in [0.05, 0.1) is 0 Å². The molecule has 0 aliphatic heterocycles. The summed E-state index contributed by atoms with van der Waals surface area (Å²) in [5.74, 6) is -5.39. The Morgan fingerprint density at radius 3 is 1.22 bits per heavy atom. The second kappa shape index (κ2) is 5.48. The van der Waals surface area contributed by atoms with Gasteiger partial charge in [0.15, 0.2) is 0 Å². The number of rotatable bonds is 6. The number of hydrogen-bond donors (Lipinski definition) is 6. The molecule has 0 saturated carbocycles. The second-order valence-corrected chi connectivity index (χ2v) is 3.48. The summed E-state index contributed by atoms with van der Waals surface area (Å²) in [6.07, 6.45) is 0. The highest BCUT2D eigenvalue weighted by Crippen LogP contribution is 2.22. The molecule has 1 aromatic rings. The minimum absolute atomic E-state index is 0.00637. The van der Waals surface area contributed by atoms with Gasteiger partial charge in [-0.15, -0.1) is 0 Å². The molecule has 0 aliphatic rings. The number of ether oxygens (including phenoxy) is 2.